The highest BCUT2D eigenvalue weighted by atomic mass is 19.1. The van der Waals surface area contributed by atoms with Crippen molar-refractivity contribution in [1.29, 1.82) is 0 Å². The van der Waals surface area contributed by atoms with Crippen molar-refractivity contribution in [3.63, 3.8) is 0 Å². The van der Waals surface area contributed by atoms with Crippen LogP contribution in [0.3, 0.4) is 0 Å². The molecule has 0 aliphatic heterocycles. The van der Waals surface area contributed by atoms with Gasteiger partial charge in [0.25, 0.3) is 5.91 Å². The molecule has 2 N–H and O–H groups in total. The van der Waals surface area contributed by atoms with Crippen molar-refractivity contribution in [2.45, 2.75) is 0 Å². The summed E-state index contributed by atoms with van der Waals surface area (Å²) in [7, 11) is 0. The minimum absolute atomic E-state index is 0.118. The van der Waals surface area contributed by atoms with Gasteiger partial charge in [0.1, 0.15) is 17.3 Å². The van der Waals surface area contributed by atoms with Crippen LogP contribution in [0.25, 0.3) is 6.08 Å². The average molecular weight is 303 g/mol. The zero-order valence-corrected chi connectivity index (χ0v) is 11.2. The van der Waals surface area contributed by atoms with Crippen LogP contribution in [0.2, 0.25) is 0 Å². The van der Waals surface area contributed by atoms with Crippen LogP contribution in [-0.2, 0) is 4.79 Å². The zero-order chi connectivity index (χ0) is 16.1. The van der Waals surface area contributed by atoms with Gasteiger partial charge in [-0.3, -0.25) is 4.79 Å². The maximum Gasteiger partial charge on any atom is 0.352 e. The lowest BCUT2D eigenvalue weighted by Gasteiger charge is -2.06. The molecule has 1 amide bonds. The Bertz CT molecular complexity index is 722. The molecule has 22 heavy (non-hydrogen) atoms. The Morgan fingerprint density at radius 3 is 1.91 bits per heavy atom. The standard InChI is InChI=1S/C16H11F2NO3/c17-12-5-1-10(2-6-12)9-14(16(21)22)19-15(20)11-3-7-13(18)8-4-11/h1-9H,(H,19,20)(H,21,22)/b14-9-. The van der Waals surface area contributed by atoms with Gasteiger partial charge in [-0.25, -0.2) is 13.6 Å². The molecular weight excluding hydrogens is 292 g/mol. The van der Waals surface area contributed by atoms with Crippen LogP contribution in [0.5, 0.6) is 0 Å². The first-order valence-corrected chi connectivity index (χ1v) is 6.23. The summed E-state index contributed by atoms with van der Waals surface area (Å²) in [5, 5.41) is 11.3. The summed E-state index contributed by atoms with van der Waals surface area (Å²) >= 11 is 0. The summed E-state index contributed by atoms with van der Waals surface area (Å²) in [5.41, 5.74) is 0.159. The van der Waals surface area contributed by atoms with Crippen LogP contribution in [0.1, 0.15) is 15.9 Å². The van der Waals surface area contributed by atoms with Gasteiger partial charge in [-0.1, -0.05) is 12.1 Å². The fourth-order valence-electron chi connectivity index (χ4n) is 1.67. The summed E-state index contributed by atoms with van der Waals surface area (Å²) in [6.45, 7) is 0. The quantitative estimate of drug-likeness (QED) is 0.854. The lowest BCUT2D eigenvalue weighted by molar-refractivity contribution is -0.132. The van der Waals surface area contributed by atoms with Crippen LogP contribution in [-0.4, -0.2) is 17.0 Å². The second kappa shape index (κ2) is 6.62. The molecule has 2 aromatic rings. The zero-order valence-electron chi connectivity index (χ0n) is 11.2. The molecule has 0 saturated carbocycles. The minimum atomic E-state index is -1.35. The number of hydrogen-bond donors (Lipinski definition) is 2. The molecule has 0 saturated heterocycles. The molecule has 0 aliphatic carbocycles. The molecule has 2 aromatic carbocycles. The van der Waals surface area contributed by atoms with Crippen molar-refractivity contribution in [2.24, 2.45) is 0 Å². The highest BCUT2D eigenvalue weighted by molar-refractivity contribution is 6.02. The highest BCUT2D eigenvalue weighted by Gasteiger charge is 2.13. The molecular formula is C16H11F2NO3. The molecule has 0 heterocycles. The van der Waals surface area contributed by atoms with E-state index in [9.17, 15) is 18.4 Å². The Balaban J connectivity index is 2.21. The van der Waals surface area contributed by atoms with Gasteiger partial charge in [0, 0.05) is 5.56 Å². The number of nitrogens with one attached hydrogen (secondary N) is 1. The first kappa shape index (κ1) is 15.4. The third kappa shape index (κ3) is 3.99. The van der Waals surface area contributed by atoms with Crippen LogP contribution in [0, 0.1) is 11.6 Å². The maximum atomic E-state index is 12.8. The first-order valence-electron chi connectivity index (χ1n) is 6.23. The smallest absolute Gasteiger partial charge is 0.352 e. The van der Waals surface area contributed by atoms with E-state index in [1.807, 2.05) is 0 Å². The van der Waals surface area contributed by atoms with Gasteiger partial charge in [0.2, 0.25) is 0 Å². The van der Waals surface area contributed by atoms with Gasteiger partial charge in [0.15, 0.2) is 0 Å². The fraction of sp³-hybridized carbons (Fsp3) is 0. The summed E-state index contributed by atoms with van der Waals surface area (Å²) < 4.78 is 25.6. The van der Waals surface area contributed by atoms with Crippen LogP contribution >= 0.6 is 0 Å². The van der Waals surface area contributed by atoms with E-state index in [4.69, 9.17) is 5.11 Å². The van der Waals surface area contributed by atoms with E-state index in [2.05, 4.69) is 5.32 Å². The molecule has 0 atom stereocenters. The summed E-state index contributed by atoms with van der Waals surface area (Å²) in [5.74, 6) is -2.99. The largest absolute Gasteiger partial charge is 0.477 e. The Hall–Kier alpha value is -3.02. The minimum Gasteiger partial charge on any atom is -0.477 e. The number of amides is 1. The van der Waals surface area contributed by atoms with Crippen molar-refractivity contribution in [2.75, 3.05) is 0 Å². The van der Waals surface area contributed by atoms with Crippen molar-refractivity contribution in [3.8, 4) is 0 Å². The van der Waals surface area contributed by atoms with E-state index in [-0.39, 0.29) is 11.3 Å². The van der Waals surface area contributed by atoms with Crippen LogP contribution in [0.4, 0.5) is 8.78 Å². The van der Waals surface area contributed by atoms with Crippen LogP contribution in [0.15, 0.2) is 54.2 Å². The fourth-order valence-corrected chi connectivity index (χ4v) is 1.67. The molecule has 0 radical (unpaired) electrons. The molecule has 0 fully saturated rings. The normalized spacial score (nSPS) is 11.1. The average Bonchev–Trinajstić information content (AvgIpc) is 2.49. The van der Waals surface area contributed by atoms with E-state index in [1.165, 1.54) is 42.5 Å². The third-order valence-electron chi connectivity index (χ3n) is 2.77. The molecule has 112 valence electrons. The lowest BCUT2D eigenvalue weighted by Crippen LogP contribution is -2.27. The van der Waals surface area contributed by atoms with Gasteiger partial charge in [0.05, 0.1) is 0 Å². The summed E-state index contributed by atoms with van der Waals surface area (Å²) in [6.07, 6.45) is 1.20. The summed E-state index contributed by atoms with van der Waals surface area (Å²) in [4.78, 5) is 23.1. The second-order valence-electron chi connectivity index (χ2n) is 4.38. The molecule has 6 heteroatoms. The number of carbonyl (C=O) groups excluding carboxylic acids is 1. The van der Waals surface area contributed by atoms with Gasteiger partial charge in [-0.2, -0.15) is 0 Å². The van der Waals surface area contributed by atoms with Crippen molar-refractivity contribution in [1.82, 2.24) is 5.32 Å². The van der Waals surface area contributed by atoms with E-state index in [0.717, 1.165) is 12.1 Å². The van der Waals surface area contributed by atoms with E-state index >= 15 is 0 Å². The SMILES string of the molecule is O=C(O)/C(=C/c1ccc(F)cc1)NC(=O)c1ccc(F)cc1. The number of carboxylic acid groups (broad SMARTS) is 1. The second-order valence-corrected chi connectivity index (χ2v) is 4.38. The van der Waals surface area contributed by atoms with Crippen molar-refractivity contribution < 1.29 is 23.5 Å². The number of aliphatic carboxylic acids is 1. The van der Waals surface area contributed by atoms with Crippen molar-refractivity contribution in [3.05, 3.63) is 77.0 Å². The van der Waals surface area contributed by atoms with Gasteiger partial charge >= 0.3 is 5.97 Å². The number of hydrogen-bond acceptors (Lipinski definition) is 2. The first-order chi connectivity index (χ1) is 10.5. The van der Waals surface area contributed by atoms with E-state index in [0.29, 0.717) is 5.56 Å². The molecule has 0 aromatic heterocycles. The Morgan fingerprint density at radius 1 is 0.909 bits per heavy atom. The number of carbonyl (C=O) groups is 2. The molecule has 0 unspecified atom stereocenters. The topological polar surface area (TPSA) is 66.4 Å². The third-order valence-corrected chi connectivity index (χ3v) is 2.77. The number of benzene rings is 2. The Morgan fingerprint density at radius 2 is 1.41 bits per heavy atom. The van der Waals surface area contributed by atoms with Gasteiger partial charge < -0.3 is 10.4 Å². The number of halogens is 2. The monoisotopic (exact) mass is 303 g/mol. The van der Waals surface area contributed by atoms with Crippen LogP contribution < -0.4 is 5.32 Å². The molecule has 0 spiro atoms. The maximum absolute atomic E-state index is 12.8. The van der Waals surface area contributed by atoms with E-state index in [1.54, 1.807) is 0 Å². The number of carboxylic acids is 1. The molecule has 0 bridgehead atoms. The van der Waals surface area contributed by atoms with E-state index < -0.39 is 23.5 Å². The highest BCUT2D eigenvalue weighted by Crippen LogP contribution is 2.09. The predicted molar refractivity (Wildman–Crippen MR) is 75.9 cm³/mol. The predicted octanol–water partition coefficient (Wildman–Crippen LogP) is 2.82. The number of rotatable bonds is 4. The van der Waals surface area contributed by atoms with Gasteiger partial charge in [-0.05, 0) is 48.0 Å². The lowest BCUT2D eigenvalue weighted by atomic mass is 10.1. The van der Waals surface area contributed by atoms with Gasteiger partial charge in [-0.15, -0.1) is 0 Å². The molecule has 2 rings (SSSR count). The Labute approximate surface area is 124 Å². The molecule has 4 nitrogen and oxygen atoms in total. The molecule has 0 aliphatic rings. The summed E-state index contributed by atoms with van der Waals surface area (Å²) in [6, 6.07) is 9.77. The van der Waals surface area contributed by atoms with Crippen molar-refractivity contribution >= 4 is 18.0 Å². The Kier molecular flexibility index (Phi) is 4.63.